The minimum absolute atomic E-state index is 0.0532. The highest BCUT2D eigenvalue weighted by molar-refractivity contribution is 6.28. The van der Waals surface area contributed by atoms with Crippen LogP contribution in [0, 0.1) is 0 Å². The van der Waals surface area contributed by atoms with E-state index in [-0.39, 0.29) is 16.4 Å². The van der Waals surface area contributed by atoms with Gasteiger partial charge in [-0.3, -0.25) is 0 Å². The summed E-state index contributed by atoms with van der Waals surface area (Å²) in [6.07, 6.45) is 6.03. The topological polar surface area (TPSA) is 66.0 Å². The molecular formula is C19H33ClN6. The molecule has 0 unspecified atom stereocenters. The van der Waals surface area contributed by atoms with Gasteiger partial charge in [0.1, 0.15) is 0 Å². The predicted molar refractivity (Wildman–Crippen MR) is 110 cm³/mol. The van der Waals surface area contributed by atoms with Crippen LogP contribution in [0.4, 0.5) is 11.9 Å². The van der Waals surface area contributed by atoms with E-state index < -0.39 is 0 Å². The largest absolute Gasteiger partial charge is 0.351 e. The molecule has 0 spiro atoms. The van der Waals surface area contributed by atoms with Gasteiger partial charge in [-0.1, -0.05) is 19.4 Å². The number of hydrogen-bond donors (Lipinski definition) is 2. The first-order valence-corrected chi connectivity index (χ1v) is 9.86. The van der Waals surface area contributed by atoms with Crippen LogP contribution in [0.2, 0.25) is 5.28 Å². The summed E-state index contributed by atoms with van der Waals surface area (Å²) in [4.78, 5) is 15.6. The van der Waals surface area contributed by atoms with E-state index in [1.807, 2.05) is 0 Å². The van der Waals surface area contributed by atoms with Crippen LogP contribution in [0.25, 0.3) is 0 Å². The van der Waals surface area contributed by atoms with Gasteiger partial charge >= 0.3 is 0 Å². The van der Waals surface area contributed by atoms with Gasteiger partial charge in [0.15, 0.2) is 0 Å². The molecule has 0 aliphatic carbocycles. The quantitative estimate of drug-likeness (QED) is 0.663. The lowest BCUT2D eigenvalue weighted by molar-refractivity contribution is 0.157. The molecule has 2 rings (SSSR count). The van der Waals surface area contributed by atoms with Crippen molar-refractivity contribution in [3.05, 3.63) is 17.9 Å². The molecule has 0 saturated carbocycles. The Morgan fingerprint density at radius 3 is 2.46 bits per heavy atom. The molecule has 0 bridgehead atoms. The maximum atomic E-state index is 6.19. The van der Waals surface area contributed by atoms with E-state index in [4.69, 9.17) is 11.6 Å². The number of nitrogens with one attached hydrogen (secondary N) is 2. The fourth-order valence-corrected chi connectivity index (χ4v) is 4.13. The van der Waals surface area contributed by atoms with Gasteiger partial charge in [0.25, 0.3) is 0 Å². The number of unbranched alkanes of at least 4 members (excludes halogenated alkanes) is 1. The third kappa shape index (κ3) is 5.81. The monoisotopic (exact) mass is 380 g/mol. The predicted octanol–water partition coefficient (Wildman–Crippen LogP) is 4.04. The van der Waals surface area contributed by atoms with Gasteiger partial charge in [-0.25, -0.2) is 0 Å². The highest BCUT2D eigenvalue weighted by Crippen LogP contribution is 2.33. The zero-order valence-electron chi connectivity index (χ0n) is 16.8. The first-order chi connectivity index (χ1) is 12.2. The fourth-order valence-electron chi connectivity index (χ4n) is 3.97. The van der Waals surface area contributed by atoms with Gasteiger partial charge in [0.2, 0.25) is 17.2 Å². The van der Waals surface area contributed by atoms with Crippen molar-refractivity contribution in [3.63, 3.8) is 0 Å². The van der Waals surface area contributed by atoms with Crippen LogP contribution < -0.4 is 15.5 Å². The Balaban J connectivity index is 2.34. The SMILES string of the molecule is C=CCNc1nc(Cl)nc(N(CCCC)C2CC(C)(C)NC(C)(C)C2)n1. The number of piperidine rings is 1. The van der Waals surface area contributed by atoms with Crippen LogP contribution in [0.1, 0.15) is 60.3 Å². The van der Waals surface area contributed by atoms with Crippen LogP contribution >= 0.6 is 11.6 Å². The van der Waals surface area contributed by atoms with Crippen LogP contribution in [0.5, 0.6) is 0 Å². The average Bonchev–Trinajstić information content (AvgIpc) is 2.50. The molecule has 1 fully saturated rings. The second-order valence-corrected chi connectivity index (χ2v) is 8.74. The Bertz CT molecular complexity index is 600. The van der Waals surface area contributed by atoms with Crippen molar-refractivity contribution in [2.75, 3.05) is 23.3 Å². The molecule has 146 valence electrons. The van der Waals surface area contributed by atoms with E-state index in [0.29, 0.717) is 24.5 Å². The number of hydrogen-bond acceptors (Lipinski definition) is 6. The first kappa shape index (κ1) is 20.9. The second-order valence-electron chi connectivity index (χ2n) is 8.40. The van der Waals surface area contributed by atoms with E-state index in [1.54, 1.807) is 6.08 Å². The van der Waals surface area contributed by atoms with Crippen molar-refractivity contribution < 1.29 is 0 Å². The van der Waals surface area contributed by atoms with Gasteiger partial charge in [0, 0.05) is 30.2 Å². The zero-order chi connectivity index (χ0) is 19.4. The number of aromatic nitrogens is 3. The molecule has 2 heterocycles. The minimum atomic E-state index is 0.0532. The second kappa shape index (κ2) is 8.53. The Morgan fingerprint density at radius 1 is 1.23 bits per heavy atom. The smallest absolute Gasteiger partial charge is 0.231 e. The lowest BCUT2D eigenvalue weighted by atomic mass is 9.79. The molecule has 0 atom stereocenters. The molecule has 6 nitrogen and oxygen atoms in total. The third-order valence-electron chi connectivity index (χ3n) is 4.62. The molecule has 2 N–H and O–H groups in total. The van der Waals surface area contributed by atoms with E-state index >= 15 is 0 Å². The number of rotatable bonds is 8. The Kier molecular flexibility index (Phi) is 6.86. The maximum absolute atomic E-state index is 6.19. The summed E-state index contributed by atoms with van der Waals surface area (Å²) in [6.45, 7) is 16.5. The molecule has 7 heteroatoms. The average molecular weight is 381 g/mol. The van der Waals surface area contributed by atoms with Crippen molar-refractivity contribution in [1.82, 2.24) is 20.3 Å². The zero-order valence-corrected chi connectivity index (χ0v) is 17.5. The molecular weight excluding hydrogens is 348 g/mol. The van der Waals surface area contributed by atoms with Crippen molar-refractivity contribution in [1.29, 1.82) is 0 Å². The van der Waals surface area contributed by atoms with E-state index in [0.717, 1.165) is 32.2 Å². The molecule has 1 aliphatic heterocycles. The standard InChI is InChI=1S/C19H33ClN6/c1-7-9-11-26(14-12-18(3,4)25-19(5,6)13-14)17-23-15(20)22-16(24-17)21-10-8-2/h8,14,25H,2,7,9-13H2,1,3-6H3,(H,21,22,23,24). The fraction of sp³-hybridized carbons (Fsp3) is 0.737. The highest BCUT2D eigenvalue weighted by Gasteiger charge is 2.40. The van der Waals surface area contributed by atoms with Gasteiger partial charge in [-0.15, -0.1) is 6.58 Å². The molecule has 26 heavy (non-hydrogen) atoms. The molecule has 0 aromatic carbocycles. The van der Waals surface area contributed by atoms with Crippen molar-refractivity contribution >= 4 is 23.5 Å². The summed E-state index contributed by atoms with van der Waals surface area (Å²) in [5.41, 5.74) is 0.106. The van der Waals surface area contributed by atoms with Crippen LogP contribution in [0.3, 0.4) is 0 Å². The van der Waals surface area contributed by atoms with E-state index in [1.165, 1.54) is 0 Å². The molecule has 1 saturated heterocycles. The summed E-state index contributed by atoms with van der Waals surface area (Å²) in [7, 11) is 0. The van der Waals surface area contributed by atoms with Crippen LogP contribution in [-0.2, 0) is 0 Å². The Hall–Kier alpha value is -1.40. The lowest BCUT2D eigenvalue weighted by Gasteiger charge is -2.49. The number of nitrogens with zero attached hydrogens (tertiary/aromatic N) is 4. The Morgan fingerprint density at radius 2 is 1.88 bits per heavy atom. The van der Waals surface area contributed by atoms with Crippen LogP contribution in [0.15, 0.2) is 12.7 Å². The summed E-state index contributed by atoms with van der Waals surface area (Å²) in [6, 6.07) is 0.346. The Labute approximate surface area is 162 Å². The summed E-state index contributed by atoms with van der Waals surface area (Å²) in [5.74, 6) is 1.15. The van der Waals surface area contributed by atoms with Crippen molar-refractivity contribution in [2.45, 2.75) is 77.4 Å². The molecule has 0 radical (unpaired) electrons. The molecule has 1 aromatic rings. The minimum Gasteiger partial charge on any atom is -0.351 e. The van der Waals surface area contributed by atoms with Gasteiger partial charge < -0.3 is 15.5 Å². The normalized spacial score (nSPS) is 19.2. The highest BCUT2D eigenvalue weighted by atomic mass is 35.5. The number of halogens is 1. The molecule has 1 aliphatic rings. The van der Waals surface area contributed by atoms with E-state index in [9.17, 15) is 0 Å². The summed E-state index contributed by atoms with van der Waals surface area (Å²) >= 11 is 6.19. The number of anilines is 2. The van der Waals surface area contributed by atoms with Crippen molar-refractivity contribution in [2.24, 2.45) is 0 Å². The van der Waals surface area contributed by atoms with E-state index in [2.05, 4.69) is 71.7 Å². The maximum Gasteiger partial charge on any atom is 0.231 e. The first-order valence-electron chi connectivity index (χ1n) is 9.48. The molecule has 0 amide bonds. The third-order valence-corrected chi connectivity index (χ3v) is 4.79. The summed E-state index contributed by atoms with van der Waals surface area (Å²) < 4.78 is 0. The molecule has 1 aromatic heterocycles. The summed E-state index contributed by atoms with van der Waals surface area (Å²) in [5, 5.41) is 7.08. The van der Waals surface area contributed by atoms with Gasteiger partial charge in [0.05, 0.1) is 0 Å². The van der Waals surface area contributed by atoms with Crippen molar-refractivity contribution in [3.8, 4) is 0 Å². The van der Waals surface area contributed by atoms with Gasteiger partial charge in [-0.2, -0.15) is 15.0 Å². The lowest BCUT2D eigenvalue weighted by Crippen LogP contribution is -2.62. The van der Waals surface area contributed by atoms with Crippen LogP contribution in [-0.4, -0.2) is 45.2 Å². The van der Waals surface area contributed by atoms with Gasteiger partial charge in [-0.05, 0) is 58.6 Å².